The number of fused-ring (bicyclic) bond motifs is 1. The molecule has 0 amide bonds. The second kappa shape index (κ2) is 5.17. The highest BCUT2D eigenvalue weighted by Gasteiger charge is 2.14. The van der Waals surface area contributed by atoms with Gasteiger partial charge in [-0.05, 0) is 36.4 Å². The molecule has 0 radical (unpaired) electrons. The van der Waals surface area contributed by atoms with E-state index >= 15 is 0 Å². The maximum absolute atomic E-state index is 13.9. The number of halogens is 2. The van der Waals surface area contributed by atoms with Crippen LogP contribution in [0.25, 0.3) is 10.9 Å². The van der Waals surface area contributed by atoms with Gasteiger partial charge in [-0.15, -0.1) is 0 Å². The Hall–Kier alpha value is -3.00. The molecule has 0 fully saturated rings. The van der Waals surface area contributed by atoms with E-state index in [9.17, 15) is 8.78 Å². The molecule has 3 aromatic rings. The summed E-state index contributed by atoms with van der Waals surface area (Å²) in [6, 6.07) is 13.1. The van der Waals surface area contributed by atoms with Crippen molar-refractivity contribution < 1.29 is 8.78 Å². The molecular weight excluding hydrogens is 272 g/mol. The molecule has 21 heavy (non-hydrogen) atoms. The predicted molar refractivity (Wildman–Crippen MR) is 76.1 cm³/mol. The minimum atomic E-state index is -1.15. The lowest BCUT2D eigenvalue weighted by Crippen LogP contribution is -1.99. The first-order valence-corrected chi connectivity index (χ1v) is 6.19. The minimum Gasteiger partial charge on any atom is -0.352 e. The van der Waals surface area contributed by atoms with Crippen molar-refractivity contribution in [2.75, 3.05) is 5.32 Å². The zero-order valence-electron chi connectivity index (χ0n) is 10.8. The second-order valence-electron chi connectivity index (χ2n) is 4.40. The quantitative estimate of drug-likeness (QED) is 0.768. The summed E-state index contributed by atoms with van der Waals surface area (Å²) in [7, 11) is 0. The van der Waals surface area contributed by atoms with Crippen molar-refractivity contribution in [2.24, 2.45) is 0 Å². The third-order valence-electron chi connectivity index (χ3n) is 3.12. The van der Waals surface area contributed by atoms with Crippen LogP contribution in [0, 0.1) is 23.0 Å². The normalized spacial score (nSPS) is 10.3. The third kappa shape index (κ3) is 2.28. The van der Waals surface area contributed by atoms with Crippen molar-refractivity contribution >= 4 is 22.3 Å². The van der Waals surface area contributed by atoms with Gasteiger partial charge in [0.2, 0.25) is 0 Å². The average molecular weight is 281 g/mol. The van der Waals surface area contributed by atoms with Crippen LogP contribution in [0.5, 0.6) is 0 Å². The van der Waals surface area contributed by atoms with Crippen LogP contribution in [0.3, 0.4) is 0 Å². The molecule has 0 saturated carbocycles. The molecule has 5 heteroatoms. The summed E-state index contributed by atoms with van der Waals surface area (Å²) < 4.78 is 27.6. The summed E-state index contributed by atoms with van der Waals surface area (Å²) in [5, 5.41) is 12.3. The van der Waals surface area contributed by atoms with Gasteiger partial charge in [-0.25, -0.2) is 8.78 Å². The van der Waals surface area contributed by atoms with E-state index in [1.807, 2.05) is 12.1 Å². The highest BCUT2D eigenvalue weighted by molar-refractivity contribution is 5.93. The summed E-state index contributed by atoms with van der Waals surface area (Å²) in [5.74, 6) is -2.23. The number of benzene rings is 2. The summed E-state index contributed by atoms with van der Waals surface area (Å²) in [6.07, 6.45) is 1.66. The molecule has 0 atom stereocenters. The number of nitrogens with one attached hydrogen (secondary N) is 1. The molecule has 0 aliphatic rings. The lowest BCUT2D eigenvalue weighted by atomic mass is 10.1. The Morgan fingerprint density at radius 3 is 2.62 bits per heavy atom. The van der Waals surface area contributed by atoms with Gasteiger partial charge in [-0.3, -0.25) is 4.98 Å². The Bertz CT molecular complexity index is 864. The van der Waals surface area contributed by atoms with Crippen LogP contribution in [0.2, 0.25) is 0 Å². The van der Waals surface area contributed by atoms with E-state index in [-0.39, 0.29) is 11.3 Å². The molecule has 3 nitrogen and oxygen atoms in total. The van der Waals surface area contributed by atoms with Gasteiger partial charge < -0.3 is 5.32 Å². The molecule has 1 heterocycles. The number of aromatic nitrogens is 1. The molecule has 0 saturated heterocycles. The van der Waals surface area contributed by atoms with Gasteiger partial charge in [-0.1, -0.05) is 6.07 Å². The maximum atomic E-state index is 13.9. The van der Waals surface area contributed by atoms with Crippen LogP contribution >= 0.6 is 0 Å². The van der Waals surface area contributed by atoms with Crippen LogP contribution in [-0.2, 0) is 0 Å². The molecule has 0 spiro atoms. The van der Waals surface area contributed by atoms with E-state index < -0.39 is 11.6 Å². The average Bonchev–Trinajstić information content (AvgIpc) is 2.52. The Morgan fingerprint density at radius 2 is 1.81 bits per heavy atom. The number of pyridine rings is 1. The first kappa shape index (κ1) is 13.0. The number of rotatable bonds is 2. The van der Waals surface area contributed by atoms with E-state index in [0.29, 0.717) is 5.69 Å². The molecule has 0 unspecified atom stereocenters. The number of anilines is 2. The van der Waals surface area contributed by atoms with E-state index in [4.69, 9.17) is 5.26 Å². The van der Waals surface area contributed by atoms with E-state index in [0.717, 1.165) is 10.9 Å². The van der Waals surface area contributed by atoms with Crippen molar-refractivity contribution in [3.63, 3.8) is 0 Å². The van der Waals surface area contributed by atoms with Gasteiger partial charge in [0.25, 0.3) is 0 Å². The lowest BCUT2D eigenvalue weighted by molar-refractivity contribution is 0.509. The smallest absolute Gasteiger partial charge is 0.183 e. The first-order chi connectivity index (χ1) is 10.2. The summed E-state index contributed by atoms with van der Waals surface area (Å²) >= 11 is 0. The van der Waals surface area contributed by atoms with Crippen LogP contribution < -0.4 is 5.32 Å². The molecule has 1 aromatic heterocycles. The zero-order valence-corrected chi connectivity index (χ0v) is 10.8. The zero-order chi connectivity index (χ0) is 14.8. The largest absolute Gasteiger partial charge is 0.352 e. The van der Waals surface area contributed by atoms with Gasteiger partial charge in [0.05, 0.1) is 16.8 Å². The van der Waals surface area contributed by atoms with Gasteiger partial charge in [0, 0.05) is 17.3 Å². The molecule has 0 bridgehead atoms. The SMILES string of the molecule is N#Cc1ccc(Nc2cccc3ncccc23)c(F)c1F. The first-order valence-electron chi connectivity index (χ1n) is 6.19. The van der Waals surface area contributed by atoms with Crippen LogP contribution in [0.4, 0.5) is 20.2 Å². The van der Waals surface area contributed by atoms with Crippen molar-refractivity contribution in [2.45, 2.75) is 0 Å². The fourth-order valence-corrected chi connectivity index (χ4v) is 2.09. The number of nitriles is 1. The molecular formula is C16H9F2N3. The van der Waals surface area contributed by atoms with E-state index in [2.05, 4.69) is 10.3 Å². The summed E-state index contributed by atoms with van der Waals surface area (Å²) in [6.45, 7) is 0. The summed E-state index contributed by atoms with van der Waals surface area (Å²) in [5.41, 5.74) is 1.01. The van der Waals surface area contributed by atoms with Gasteiger partial charge in [-0.2, -0.15) is 5.26 Å². The Morgan fingerprint density at radius 1 is 0.952 bits per heavy atom. The number of hydrogen-bond donors (Lipinski definition) is 1. The van der Waals surface area contributed by atoms with Crippen molar-refractivity contribution in [1.29, 1.82) is 5.26 Å². The maximum Gasteiger partial charge on any atom is 0.183 e. The molecule has 0 aliphatic heterocycles. The van der Waals surface area contributed by atoms with Gasteiger partial charge >= 0.3 is 0 Å². The molecule has 3 rings (SSSR count). The monoisotopic (exact) mass is 281 g/mol. The van der Waals surface area contributed by atoms with Crippen molar-refractivity contribution in [3.8, 4) is 6.07 Å². The standard InChI is InChI=1S/C16H9F2N3/c17-15-10(9-19)6-7-14(16(15)18)21-13-5-1-4-12-11(13)3-2-8-20-12/h1-8,21H. The predicted octanol–water partition coefficient (Wildman–Crippen LogP) is 4.13. The van der Waals surface area contributed by atoms with Crippen LogP contribution in [0.1, 0.15) is 5.56 Å². The lowest BCUT2D eigenvalue weighted by Gasteiger charge is -2.11. The van der Waals surface area contributed by atoms with E-state index in [1.54, 1.807) is 30.5 Å². The highest BCUT2D eigenvalue weighted by Crippen LogP contribution is 2.28. The van der Waals surface area contributed by atoms with E-state index in [1.165, 1.54) is 12.1 Å². The fraction of sp³-hybridized carbons (Fsp3) is 0. The highest BCUT2D eigenvalue weighted by atomic mass is 19.2. The molecule has 2 aromatic carbocycles. The van der Waals surface area contributed by atoms with Crippen LogP contribution in [0.15, 0.2) is 48.7 Å². The fourth-order valence-electron chi connectivity index (χ4n) is 2.09. The Kier molecular flexibility index (Phi) is 3.20. The van der Waals surface area contributed by atoms with Crippen molar-refractivity contribution in [3.05, 3.63) is 65.9 Å². The summed E-state index contributed by atoms with van der Waals surface area (Å²) in [4.78, 5) is 4.20. The second-order valence-corrected chi connectivity index (χ2v) is 4.40. The van der Waals surface area contributed by atoms with Crippen LogP contribution in [-0.4, -0.2) is 4.98 Å². The molecule has 0 aliphatic carbocycles. The van der Waals surface area contributed by atoms with Crippen molar-refractivity contribution in [1.82, 2.24) is 4.98 Å². The number of hydrogen-bond acceptors (Lipinski definition) is 3. The molecule has 1 N–H and O–H groups in total. The Balaban J connectivity index is 2.08. The minimum absolute atomic E-state index is 0.0251. The third-order valence-corrected chi connectivity index (χ3v) is 3.12. The molecule has 102 valence electrons. The number of nitrogens with zero attached hydrogens (tertiary/aromatic N) is 2. The Labute approximate surface area is 119 Å². The van der Waals surface area contributed by atoms with Gasteiger partial charge in [0.1, 0.15) is 6.07 Å². The topological polar surface area (TPSA) is 48.7 Å². The van der Waals surface area contributed by atoms with Gasteiger partial charge in [0.15, 0.2) is 11.6 Å².